The molecule has 2 amide bonds. The second kappa shape index (κ2) is 11.0. The Balaban J connectivity index is 2.28. The van der Waals surface area contributed by atoms with Crippen LogP contribution in [0.5, 0.6) is 0 Å². The average molecular weight is 559 g/mol. The number of carbonyl (C=O) groups excluding carboxylic acids is 2. The predicted octanol–water partition coefficient (Wildman–Crippen LogP) is 4.06. The van der Waals surface area contributed by atoms with E-state index in [4.69, 9.17) is 11.6 Å². The standard InChI is InChI=1S/C23H29BrClN3O4S/c1-16(22(30)26-23(2,3)4)28(14-17-6-8-18(24)9-7-17)21(29)15-27(5)33(31,32)20-12-10-19(25)11-13-20/h6-13,16H,14-15H2,1-5H3,(H,26,30)/t16-/m1/s1. The van der Waals surface area contributed by atoms with Gasteiger partial charge < -0.3 is 10.2 Å². The molecule has 2 aromatic carbocycles. The Morgan fingerprint density at radius 2 is 1.61 bits per heavy atom. The molecule has 0 heterocycles. The number of sulfonamides is 1. The summed E-state index contributed by atoms with van der Waals surface area (Å²) in [6, 6.07) is 12.3. The molecular weight excluding hydrogens is 530 g/mol. The molecule has 33 heavy (non-hydrogen) atoms. The molecule has 0 aliphatic carbocycles. The van der Waals surface area contributed by atoms with Crippen LogP contribution in [0.25, 0.3) is 0 Å². The largest absolute Gasteiger partial charge is 0.350 e. The molecule has 0 aliphatic heterocycles. The first-order valence-corrected chi connectivity index (χ1v) is 12.9. The molecule has 2 aromatic rings. The summed E-state index contributed by atoms with van der Waals surface area (Å²) >= 11 is 9.23. The van der Waals surface area contributed by atoms with Gasteiger partial charge in [-0.3, -0.25) is 9.59 Å². The SMILES string of the molecule is C[C@H](C(=O)NC(C)(C)C)N(Cc1ccc(Br)cc1)C(=O)CN(C)S(=O)(=O)c1ccc(Cl)cc1. The average Bonchev–Trinajstić information content (AvgIpc) is 2.71. The van der Waals surface area contributed by atoms with Crippen molar-refractivity contribution >= 4 is 49.4 Å². The van der Waals surface area contributed by atoms with Gasteiger partial charge in [-0.15, -0.1) is 0 Å². The normalized spacial score (nSPS) is 13.0. The fourth-order valence-corrected chi connectivity index (χ4v) is 4.51. The third kappa shape index (κ3) is 7.81. The summed E-state index contributed by atoms with van der Waals surface area (Å²) in [6.07, 6.45) is 0. The molecule has 180 valence electrons. The summed E-state index contributed by atoms with van der Waals surface area (Å²) in [5, 5.41) is 3.29. The first-order valence-electron chi connectivity index (χ1n) is 10.3. The number of hydrogen-bond acceptors (Lipinski definition) is 4. The predicted molar refractivity (Wildman–Crippen MR) is 133 cm³/mol. The summed E-state index contributed by atoms with van der Waals surface area (Å²) in [5.74, 6) is -0.814. The fraction of sp³-hybridized carbons (Fsp3) is 0.391. The number of hydrogen-bond donors (Lipinski definition) is 1. The first-order chi connectivity index (χ1) is 15.2. The van der Waals surface area contributed by atoms with Gasteiger partial charge in [0.15, 0.2) is 0 Å². The van der Waals surface area contributed by atoms with Crippen molar-refractivity contribution in [2.75, 3.05) is 13.6 Å². The van der Waals surface area contributed by atoms with Gasteiger partial charge >= 0.3 is 0 Å². The van der Waals surface area contributed by atoms with E-state index in [1.54, 1.807) is 6.92 Å². The molecule has 7 nitrogen and oxygen atoms in total. The van der Waals surface area contributed by atoms with Crippen LogP contribution in [-0.4, -0.2) is 54.6 Å². The van der Waals surface area contributed by atoms with E-state index in [0.717, 1.165) is 14.3 Å². The summed E-state index contributed by atoms with van der Waals surface area (Å²) in [5.41, 5.74) is 0.331. The Hall–Kier alpha value is -1.94. The van der Waals surface area contributed by atoms with Gasteiger partial charge in [0.2, 0.25) is 21.8 Å². The maximum atomic E-state index is 13.3. The van der Waals surface area contributed by atoms with Crippen LogP contribution in [-0.2, 0) is 26.2 Å². The van der Waals surface area contributed by atoms with Crippen LogP contribution >= 0.6 is 27.5 Å². The van der Waals surface area contributed by atoms with Crippen molar-refractivity contribution < 1.29 is 18.0 Å². The Labute approximate surface area is 209 Å². The van der Waals surface area contributed by atoms with E-state index >= 15 is 0 Å². The van der Waals surface area contributed by atoms with Crippen molar-refractivity contribution in [3.8, 4) is 0 Å². The number of nitrogens with one attached hydrogen (secondary N) is 1. The van der Waals surface area contributed by atoms with Crippen LogP contribution in [0, 0.1) is 0 Å². The Morgan fingerprint density at radius 1 is 1.06 bits per heavy atom. The molecule has 0 unspecified atom stereocenters. The van der Waals surface area contributed by atoms with Crippen molar-refractivity contribution in [2.24, 2.45) is 0 Å². The van der Waals surface area contributed by atoms with Gasteiger partial charge in [0, 0.05) is 28.6 Å². The topological polar surface area (TPSA) is 86.8 Å². The lowest BCUT2D eigenvalue weighted by molar-refractivity contribution is -0.141. The zero-order valence-corrected chi connectivity index (χ0v) is 22.5. The molecule has 0 spiro atoms. The first kappa shape index (κ1) is 27.3. The second-order valence-electron chi connectivity index (χ2n) is 8.78. The van der Waals surface area contributed by atoms with E-state index in [2.05, 4.69) is 21.2 Å². The zero-order valence-electron chi connectivity index (χ0n) is 19.3. The summed E-state index contributed by atoms with van der Waals surface area (Å²) < 4.78 is 27.7. The van der Waals surface area contributed by atoms with Gasteiger partial charge in [-0.2, -0.15) is 4.31 Å². The monoisotopic (exact) mass is 557 g/mol. The molecule has 1 atom stereocenters. The van der Waals surface area contributed by atoms with Crippen molar-refractivity contribution in [3.63, 3.8) is 0 Å². The van der Waals surface area contributed by atoms with E-state index in [0.29, 0.717) is 5.02 Å². The molecule has 0 bridgehead atoms. The Kier molecular flexibility index (Phi) is 9.09. The van der Waals surface area contributed by atoms with E-state index in [-0.39, 0.29) is 17.3 Å². The highest BCUT2D eigenvalue weighted by atomic mass is 79.9. The Morgan fingerprint density at radius 3 is 2.12 bits per heavy atom. The molecule has 0 aromatic heterocycles. The van der Waals surface area contributed by atoms with Gasteiger partial charge in [-0.25, -0.2) is 8.42 Å². The number of carbonyl (C=O) groups is 2. The lowest BCUT2D eigenvalue weighted by atomic mass is 10.1. The van der Waals surface area contributed by atoms with Crippen LogP contribution in [0.3, 0.4) is 0 Å². The zero-order chi connectivity index (χ0) is 25.0. The minimum atomic E-state index is -3.92. The van der Waals surface area contributed by atoms with Gasteiger partial charge in [-0.1, -0.05) is 39.7 Å². The number of benzene rings is 2. The van der Waals surface area contributed by atoms with Gasteiger partial charge in [0.25, 0.3) is 0 Å². The molecular formula is C23H29BrClN3O4S. The molecule has 2 rings (SSSR count). The molecule has 0 saturated carbocycles. The Bertz CT molecular complexity index is 1080. The van der Waals surface area contributed by atoms with Crippen molar-refractivity contribution in [1.29, 1.82) is 0 Å². The van der Waals surface area contributed by atoms with Crippen LogP contribution in [0.4, 0.5) is 0 Å². The highest BCUT2D eigenvalue weighted by Crippen LogP contribution is 2.19. The van der Waals surface area contributed by atoms with Gasteiger partial charge in [0.05, 0.1) is 11.4 Å². The fourth-order valence-electron chi connectivity index (χ4n) is 3.00. The highest BCUT2D eigenvalue weighted by molar-refractivity contribution is 9.10. The minimum Gasteiger partial charge on any atom is -0.350 e. The third-order valence-electron chi connectivity index (χ3n) is 4.81. The van der Waals surface area contributed by atoms with Crippen molar-refractivity contribution in [3.05, 3.63) is 63.6 Å². The van der Waals surface area contributed by atoms with E-state index in [1.165, 1.54) is 36.2 Å². The summed E-state index contributed by atoms with van der Waals surface area (Å²) in [4.78, 5) is 27.5. The van der Waals surface area contributed by atoms with E-state index in [9.17, 15) is 18.0 Å². The smallest absolute Gasteiger partial charge is 0.243 e. The number of nitrogens with zero attached hydrogens (tertiary/aromatic N) is 2. The summed E-state index contributed by atoms with van der Waals surface area (Å²) in [7, 11) is -2.58. The highest BCUT2D eigenvalue weighted by Gasteiger charge is 2.31. The van der Waals surface area contributed by atoms with Crippen molar-refractivity contribution in [1.82, 2.24) is 14.5 Å². The lowest BCUT2D eigenvalue weighted by Crippen LogP contribution is -2.54. The van der Waals surface area contributed by atoms with Gasteiger partial charge in [-0.05, 0) is 69.7 Å². The molecule has 0 fully saturated rings. The maximum absolute atomic E-state index is 13.3. The quantitative estimate of drug-likeness (QED) is 0.530. The lowest BCUT2D eigenvalue weighted by Gasteiger charge is -2.32. The number of halogens is 2. The van der Waals surface area contributed by atoms with Crippen molar-refractivity contribution in [2.45, 2.75) is 50.7 Å². The molecule has 0 saturated heterocycles. The van der Waals surface area contributed by atoms with E-state index in [1.807, 2.05) is 45.0 Å². The number of likely N-dealkylation sites (N-methyl/N-ethyl adjacent to an activating group) is 1. The number of rotatable bonds is 8. The van der Waals surface area contributed by atoms with Crippen LogP contribution in [0.2, 0.25) is 5.02 Å². The number of amides is 2. The van der Waals surface area contributed by atoms with E-state index < -0.39 is 34.1 Å². The van der Waals surface area contributed by atoms with Crippen LogP contribution in [0.1, 0.15) is 33.3 Å². The minimum absolute atomic E-state index is 0.0279. The van der Waals surface area contributed by atoms with Gasteiger partial charge in [0.1, 0.15) is 6.04 Å². The third-order valence-corrected chi connectivity index (χ3v) is 7.41. The summed E-state index contributed by atoms with van der Waals surface area (Å²) in [6.45, 7) is 6.92. The molecule has 1 N–H and O–H groups in total. The molecule has 0 aliphatic rings. The molecule has 10 heteroatoms. The maximum Gasteiger partial charge on any atom is 0.243 e. The second-order valence-corrected chi connectivity index (χ2v) is 12.2. The molecule has 0 radical (unpaired) electrons. The van der Waals surface area contributed by atoms with Crippen LogP contribution in [0.15, 0.2) is 57.9 Å². The van der Waals surface area contributed by atoms with Crippen LogP contribution < -0.4 is 5.32 Å².